The van der Waals surface area contributed by atoms with Gasteiger partial charge in [0.25, 0.3) is 0 Å². The number of rotatable bonds is 9. The van der Waals surface area contributed by atoms with Gasteiger partial charge in [0.15, 0.2) is 0 Å². The van der Waals surface area contributed by atoms with Gasteiger partial charge in [-0.25, -0.2) is 8.42 Å². The molecule has 0 atom stereocenters. The van der Waals surface area contributed by atoms with Gasteiger partial charge in [-0.2, -0.15) is 4.31 Å². The van der Waals surface area contributed by atoms with E-state index in [2.05, 4.69) is 36.7 Å². The van der Waals surface area contributed by atoms with E-state index in [9.17, 15) is 18.0 Å². The third kappa shape index (κ3) is 8.51. The van der Waals surface area contributed by atoms with Crippen molar-refractivity contribution in [3.05, 3.63) is 24.3 Å². The smallest absolute Gasteiger partial charge is 0.243 e. The van der Waals surface area contributed by atoms with Crippen molar-refractivity contribution in [2.24, 2.45) is 0 Å². The summed E-state index contributed by atoms with van der Waals surface area (Å²) in [6, 6.07) is 5.82. The van der Waals surface area contributed by atoms with E-state index in [1.165, 1.54) is 38.2 Å². The number of amides is 2. The third-order valence-corrected chi connectivity index (χ3v) is 5.53. The lowest BCUT2D eigenvalue weighted by molar-refractivity contribution is -0.717. The molecule has 1 rings (SSSR count). The van der Waals surface area contributed by atoms with E-state index >= 15 is 0 Å². The van der Waals surface area contributed by atoms with E-state index in [0.717, 1.165) is 17.3 Å². The summed E-state index contributed by atoms with van der Waals surface area (Å²) in [7, 11) is -2.42. The summed E-state index contributed by atoms with van der Waals surface area (Å²) >= 11 is 0. The van der Waals surface area contributed by atoms with Crippen LogP contribution in [-0.4, -0.2) is 56.8 Å². The summed E-state index contributed by atoms with van der Waals surface area (Å²) in [4.78, 5) is 23.1. The molecular formula is C18H31N4O4S+. The average Bonchev–Trinajstić information content (AvgIpc) is 2.53. The topological polar surface area (TPSA) is 112 Å². The summed E-state index contributed by atoms with van der Waals surface area (Å²) in [5.41, 5.74) is 0.655. The van der Waals surface area contributed by atoms with Crippen LogP contribution in [0.5, 0.6) is 0 Å². The van der Waals surface area contributed by atoms with Gasteiger partial charge in [0.05, 0.1) is 23.5 Å². The highest BCUT2D eigenvalue weighted by Gasteiger charge is 2.23. The molecule has 0 unspecified atom stereocenters. The SMILES string of the molecule is CC(=O)Nc1ccc(S(=O)(=O)N(C)CC(=O)NCCC[NH2+]C(C)(C)C)cc1. The van der Waals surface area contributed by atoms with Crippen molar-refractivity contribution >= 4 is 27.5 Å². The van der Waals surface area contributed by atoms with Crippen LogP contribution in [0.2, 0.25) is 0 Å². The molecule has 0 saturated carbocycles. The Balaban J connectivity index is 2.53. The van der Waals surface area contributed by atoms with Crippen molar-refractivity contribution in [1.29, 1.82) is 0 Å². The molecule has 152 valence electrons. The van der Waals surface area contributed by atoms with E-state index in [1.807, 2.05) is 0 Å². The highest BCUT2D eigenvalue weighted by atomic mass is 32.2. The molecule has 4 N–H and O–H groups in total. The summed E-state index contributed by atoms with van der Waals surface area (Å²) in [6.07, 6.45) is 0.810. The maximum absolute atomic E-state index is 12.5. The van der Waals surface area contributed by atoms with Crippen LogP contribution in [0.15, 0.2) is 29.2 Å². The Morgan fingerprint density at radius 1 is 1.15 bits per heavy atom. The highest BCUT2D eigenvalue weighted by Crippen LogP contribution is 2.17. The largest absolute Gasteiger partial charge is 0.355 e. The second kappa shape index (κ2) is 9.82. The number of nitrogens with two attached hydrogens (primary N) is 1. The van der Waals surface area contributed by atoms with Gasteiger partial charge in [0.2, 0.25) is 21.8 Å². The lowest BCUT2D eigenvalue weighted by Crippen LogP contribution is -2.94. The maximum atomic E-state index is 12.5. The zero-order chi connectivity index (χ0) is 20.7. The van der Waals surface area contributed by atoms with Gasteiger partial charge in [0, 0.05) is 32.6 Å². The first-order valence-corrected chi connectivity index (χ1v) is 10.3. The molecule has 1 aromatic carbocycles. The molecule has 0 aromatic heterocycles. The van der Waals surface area contributed by atoms with Gasteiger partial charge in [-0.05, 0) is 45.0 Å². The number of anilines is 1. The van der Waals surface area contributed by atoms with Crippen LogP contribution < -0.4 is 16.0 Å². The molecular weight excluding hydrogens is 368 g/mol. The van der Waals surface area contributed by atoms with E-state index in [1.54, 1.807) is 0 Å². The fourth-order valence-corrected chi connectivity index (χ4v) is 3.43. The fraction of sp³-hybridized carbons (Fsp3) is 0.556. The van der Waals surface area contributed by atoms with Gasteiger partial charge in [-0.15, -0.1) is 0 Å². The second-order valence-corrected chi connectivity index (χ2v) is 9.57. The van der Waals surface area contributed by atoms with Gasteiger partial charge >= 0.3 is 0 Å². The molecule has 0 saturated heterocycles. The summed E-state index contributed by atoms with van der Waals surface area (Å²) in [5.74, 6) is -0.578. The standard InChI is InChI=1S/C18H30N4O4S/c1-14(23)21-15-7-9-16(10-8-15)27(25,26)22(5)13-17(24)19-11-6-12-20-18(2,3)4/h7-10,20H,6,11-13H2,1-5H3,(H,19,24)(H,21,23)/p+1. The predicted octanol–water partition coefficient (Wildman–Crippen LogP) is 0.134. The number of sulfonamides is 1. The highest BCUT2D eigenvalue weighted by molar-refractivity contribution is 7.89. The first-order valence-electron chi connectivity index (χ1n) is 8.87. The van der Waals surface area contributed by atoms with Gasteiger partial charge in [-0.3, -0.25) is 9.59 Å². The molecule has 9 heteroatoms. The van der Waals surface area contributed by atoms with E-state index in [0.29, 0.717) is 12.2 Å². The number of carbonyl (C=O) groups excluding carboxylic acids is 2. The zero-order valence-electron chi connectivity index (χ0n) is 16.7. The molecule has 8 nitrogen and oxygen atoms in total. The molecule has 1 aromatic rings. The number of quaternary nitrogens is 1. The first kappa shape index (κ1) is 23.1. The monoisotopic (exact) mass is 399 g/mol. The van der Waals surface area contributed by atoms with Crippen molar-refractivity contribution in [2.45, 2.75) is 44.6 Å². The Bertz CT molecular complexity index is 740. The minimum absolute atomic E-state index is 0.0617. The minimum Gasteiger partial charge on any atom is -0.355 e. The van der Waals surface area contributed by atoms with Crippen molar-refractivity contribution in [1.82, 2.24) is 9.62 Å². The molecule has 0 aliphatic heterocycles. The van der Waals surface area contributed by atoms with Crippen LogP contribution in [-0.2, 0) is 19.6 Å². The van der Waals surface area contributed by atoms with Crippen LogP contribution in [0.4, 0.5) is 5.69 Å². The average molecular weight is 400 g/mol. The molecule has 2 amide bonds. The molecule has 0 heterocycles. The molecule has 0 radical (unpaired) electrons. The number of nitrogens with zero attached hydrogens (tertiary/aromatic N) is 1. The number of benzene rings is 1. The third-order valence-electron chi connectivity index (χ3n) is 3.71. The quantitative estimate of drug-likeness (QED) is 0.513. The maximum Gasteiger partial charge on any atom is 0.243 e. The number of nitrogens with one attached hydrogen (secondary N) is 2. The lowest BCUT2D eigenvalue weighted by atomic mass is 10.1. The van der Waals surface area contributed by atoms with Crippen LogP contribution in [0, 0.1) is 0 Å². The zero-order valence-corrected chi connectivity index (χ0v) is 17.5. The summed E-state index contributed by atoms with van der Waals surface area (Å²) < 4.78 is 26.1. The number of hydrogen-bond donors (Lipinski definition) is 3. The first-order chi connectivity index (χ1) is 12.4. The van der Waals surface area contributed by atoms with Crippen molar-refractivity contribution in [2.75, 3.05) is 32.0 Å². The molecule has 0 spiro atoms. The predicted molar refractivity (Wildman–Crippen MR) is 105 cm³/mol. The van der Waals surface area contributed by atoms with Crippen molar-refractivity contribution in [3.63, 3.8) is 0 Å². The molecule has 0 aliphatic carbocycles. The van der Waals surface area contributed by atoms with Crippen LogP contribution in [0.3, 0.4) is 0 Å². The van der Waals surface area contributed by atoms with E-state index < -0.39 is 10.0 Å². The number of likely N-dealkylation sites (N-methyl/N-ethyl adjacent to an activating group) is 1. The molecule has 27 heavy (non-hydrogen) atoms. The lowest BCUT2D eigenvalue weighted by Gasteiger charge is -2.18. The molecule has 0 bridgehead atoms. The minimum atomic E-state index is -3.78. The summed E-state index contributed by atoms with van der Waals surface area (Å²) in [5, 5.41) is 7.51. The van der Waals surface area contributed by atoms with Gasteiger partial charge in [0.1, 0.15) is 0 Å². The van der Waals surface area contributed by atoms with Crippen molar-refractivity contribution < 1.29 is 23.3 Å². The second-order valence-electron chi connectivity index (χ2n) is 7.53. The van der Waals surface area contributed by atoms with Gasteiger partial charge in [-0.1, -0.05) is 0 Å². The Hall–Kier alpha value is -1.97. The Kier molecular flexibility index (Phi) is 8.39. The number of hydrogen-bond acceptors (Lipinski definition) is 4. The van der Waals surface area contributed by atoms with Crippen LogP contribution >= 0.6 is 0 Å². The Labute approximate surface area is 161 Å². The van der Waals surface area contributed by atoms with E-state index in [-0.39, 0.29) is 28.8 Å². The van der Waals surface area contributed by atoms with Crippen LogP contribution in [0.1, 0.15) is 34.1 Å². The van der Waals surface area contributed by atoms with E-state index in [4.69, 9.17) is 0 Å². The normalized spacial score (nSPS) is 12.1. The molecule has 0 fully saturated rings. The Morgan fingerprint density at radius 3 is 2.26 bits per heavy atom. The number of carbonyl (C=O) groups is 2. The van der Waals surface area contributed by atoms with Gasteiger partial charge < -0.3 is 16.0 Å². The van der Waals surface area contributed by atoms with Crippen LogP contribution in [0.25, 0.3) is 0 Å². The Morgan fingerprint density at radius 2 is 1.74 bits per heavy atom. The fourth-order valence-electron chi connectivity index (χ4n) is 2.30. The molecule has 0 aliphatic rings. The summed E-state index contributed by atoms with van der Waals surface area (Å²) in [6.45, 7) is 8.87. The van der Waals surface area contributed by atoms with Crippen molar-refractivity contribution in [3.8, 4) is 0 Å².